The molecule has 116 valence electrons. The standard InChI is InChI=1S/C17H26N2O2/c1-17(2,3)13-5-9-15(10-6-13)21-12-4-11-18-16(20)19-14-7-8-14/h5-6,9-10,14H,4,7-8,11-12H2,1-3H3,(H2,18,19,20). The molecule has 1 aliphatic carbocycles. The molecule has 0 bridgehead atoms. The minimum Gasteiger partial charge on any atom is -0.494 e. The quantitative estimate of drug-likeness (QED) is 0.790. The highest BCUT2D eigenvalue weighted by Gasteiger charge is 2.22. The summed E-state index contributed by atoms with van der Waals surface area (Å²) in [5.74, 6) is 0.880. The van der Waals surface area contributed by atoms with Crippen LogP contribution >= 0.6 is 0 Å². The lowest BCUT2D eigenvalue weighted by Gasteiger charge is -2.19. The maximum Gasteiger partial charge on any atom is 0.315 e. The zero-order valence-corrected chi connectivity index (χ0v) is 13.2. The van der Waals surface area contributed by atoms with Crippen LogP contribution in [0.4, 0.5) is 4.79 Å². The van der Waals surface area contributed by atoms with Crippen molar-refractivity contribution in [3.63, 3.8) is 0 Å². The van der Waals surface area contributed by atoms with Crippen molar-refractivity contribution >= 4 is 6.03 Å². The normalized spacial score (nSPS) is 14.6. The number of carbonyl (C=O) groups is 1. The van der Waals surface area contributed by atoms with Gasteiger partial charge in [0.15, 0.2) is 0 Å². The monoisotopic (exact) mass is 290 g/mol. The Morgan fingerprint density at radius 3 is 2.48 bits per heavy atom. The maximum absolute atomic E-state index is 11.4. The Balaban J connectivity index is 1.60. The fraction of sp³-hybridized carbons (Fsp3) is 0.588. The summed E-state index contributed by atoms with van der Waals surface area (Å²) in [6.07, 6.45) is 3.03. The van der Waals surface area contributed by atoms with Crippen molar-refractivity contribution in [3.05, 3.63) is 29.8 Å². The molecule has 4 nitrogen and oxygen atoms in total. The molecule has 0 aliphatic heterocycles. The smallest absolute Gasteiger partial charge is 0.315 e. The van der Waals surface area contributed by atoms with Crippen LogP contribution in [-0.2, 0) is 5.41 Å². The first kappa shape index (κ1) is 15.7. The van der Waals surface area contributed by atoms with Crippen LogP contribution in [0.1, 0.15) is 45.6 Å². The lowest BCUT2D eigenvalue weighted by atomic mass is 9.87. The minimum atomic E-state index is -0.0629. The summed E-state index contributed by atoms with van der Waals surface area (Å²) in [7, 11) is 0. The van der Waals surface area contributed by atoms with Gasteiger partial charge < -0.3 is 15.4 Å². The average Bonchev–Trinajstić information content (AvgIpc) is 3.22. The van der Waals surface area contributed by atoms with E-state index in [1.807, 2.05) is 12.1 Å². The molecule has 0 radical (unpaired) electrons. The molecule has 0 unspecified atom stereocenters. The molecule has 1 aromatic carbocycles. The van der Waals surface area contributed by atoms with E-state index in [1.54, 1.807) is 0 Å². The van der Waals surface area contributed by atoms with E-state index < -0.39 is 0 Å². The molecular weight excluding hydrogens is 264 g/mol. The molecule has 0 saturated heterocycles. The maximum atomic E-state index is 11.4. The Bertz CT molecular complexity index is 459. The molecule has 2 N–H and O–H groups in total. The summed E-state index contributed by atoms with van der Waals surface area (Å²) in [6.45, 7) is 7.83. The largest absolute Gasteiger partial charge is 0.494 e. The summed E-state index contributed by atoms with van der Waals surface area (Å²) < 4.78 is 5.68. The van der Waals surface area contributed by atoms with Crippen LogP contribution < -0.4 is 15.4 Å². The SMILES string of the molecule is CC(C)(C)c1ccc(OCCCNC(=O)NC2CC2)cc1. The molecule has 1 aromatic rings. The number of hydrogen-bond donors (Lipinski definition) is 2. The van der Waals surface area contributed by atoms with Crippen LogP contribution in [-0.4, -0.2) is 25.2 Å². The van der Waals surface area contributed by atoms with E-state index in [0.29, 0.717) is 19.2 Å². The van der Waals surface area contributed by atoms with Gasteiger partial charge in [0.2, 0.25) is 0 Å². The van der Waals surface area contributed by atoms with Gasteiger partial charge in [-0.2, -0.15) is 0 Å². The third-order valence-corrected chi connectivity index (χ3v) is 3.51. The summed E-state index contributed by atoms with van der Waals surface area (Å²) in [6, 6.07) is 8.57. The molecule has 1 saturated carbocycles. The first-order chi connectivity index (χ1) is 9.95. The summed E-state index contributed by atoms with van der Waals surface area (Å²) in [5, 5.41) is 5.73. The van der Waals surface area contributed by atoms with Crippen LogP contribution in [0.3, 0.4) is 0 Å². The molecule has 21 heavy (non-hydrogen) atoms. The topological polar surface area (TPSA) is 50.4 Å². The Morgan fingerprint density at radius 1 is 1.24 bits per heavy atom. The summed E-state index contributed by atoms with van der Waals surface area (Å²) in [5.41, 5.74) is 1.46. The van der Waals surface area contributed by atoms with Crippen LogP contribution in [0.2, 0.25) is 0 Å². The first-order valence-electron chi connectivity index (χ1n) is 7.73. The van der Waals surface area contributed by atoms with Gasteiger partial charge in [-0.05, 0) is 42.4 Å². The number of carbonyl (C=O) groups excluding carboxylic acids is 1. The zero-order chi connectivity index (χ0) is 15.3. The Morgan fingerprint density at radius 2 is 1.90 bits per heavy atom. The Kier molecular flexibility index (Phi) is 5.10. The number of benzene rings is 1. The van der Waals surface area contributed by atoms with Crippen LogP contribution in [0.5, 0.6) is 5.75 Å². The molecule has 1 fully saturated rings. The molecule has 1 aliphatic rings. The van der Waals surface area contributed by atoms with Gasteiger partial charge in [-0.15, -0.1) is 0 Å². The number of amides is 2. The van der Waals surface area contributed by atoms with E-state index >= 15 is 0 Å². The van der Waals surface area contributed by atoms with Crippen molar-refractivity contribution in [2.24, 2.45) is 0 Å². The number of urea groups is 1. The molecule has 0 spiro atoms. The van der Waals surface area contributed by atoms with E-state index in [4.69, 9.17) is 4.74 Å². The Hall–Kier alpha value is -1.71. The van der Waals surface area contributed by atoms with Gasteiger partial charge in [-0.1, -0.05) is 32.9 Å². The van der Waals surface area contributed by atoms with Gasteiger partial charge >= 0.3 is 6.03 Å². The van der Waals surface area contributed by atoms with E-state index in [2.05, 4.69) is 43.5 Å². The third-order valence-electron chi connectivity index (χ3n) is 3.51. The number of hydrogen-bond acceptors (Lipinski definition) is 2. The second kappa shape index (κ2) is 6.83. The van der Waals surface area contributed by atoms with Crippen molar-refractivity contribution in [1.82, 2.24) is 10.6 Å². The number of rotatable bonds is 6. The van der Waals surface area contributed by atoms with Crippen molar-refractivity contribution in [1.29, 1.82) is 0 Å². The van der Waals surface area contributed by atoms with Crippen molar-refractivity contribution in [2.75, 3.05) is 13.2 Å². The van der Waals surface area contributed by atoms with Crippen molar-refractivity contribution < 1.29 is 9.53 Å². The van der Waals surface area contributed by atoms with Crippen LogP contribution in [0, 0.1) is 0 Å². The van der Waals surface area contributed by atoms with Gasteiger partial charge in [0.05, 0.1) is 6.61 Å². The number of ether oxygens (including phenoxy) is 1. The molecule has 2 rings (SSSR count). The van der Waals surface area contributed by atoms with Gasteiger partial charge in [-0.3, -0.25) is 0 Å². The minimum absolute atomic E-state index is 0.0629. The summed E-state index contributed by atoms with van der Waals surface area (Å²) in [4.78, 5) is 11.4. The molecule has 0 heterocycles. The van der Waals surface area contributed by atoms with Crippen molar-refractivity contribution in [2.45, 2.75) is 51.5 Å². The molecule has 0 atom stereocenters. The first-order valence-corrected chi connectivity index (χ1v) is 7.73. The molecule has 0 aromatic heterocycles. The predicted octanol–water partition coefficient (Wildman–Crippen LogP) is 3.21. The lowest BCUT2D eigenvalue weighted by molar-refractivity contribution is 0.238. The van der Waals surface area contributed by atoms with Gasteiger partial charge in [-0.25, -0.2) is 4.79 Å². The highest BCUT2D eigenvalue weighted by Crippen LogP contribution is 2.24. The van der Waals surface area contributed by atoms with Crippen LogP contribution in [0.15, 0.2) is 24.3 Å². The zero-order valence-electron chi connectivity index (χ0n) is 13.2. The van der Waals surface area contributed by atoms with Gasteiger partial charge in [0.1, 0.15) is 5.75 Å². The fourth-order valence-electron chi connectivity index (χ4n) is 1.98. The highest BCUT2D eigenvalue weighted by atomic mass is 16.5. The molecular formula is C17H26N2O2. The summed E-state index contributed by atoms with van der Waals surface area (Å²) >= 11 is 0. The fourth-order valence-corrected chi connectivity index (χ4v) is 1.98. The average molecular weight is 290 g/mol. The Labute approximate surface area is 127 Å². The van der Waals surface area contributed by atoms with Crippen molar-refractivity contribution in [3.8, 4) is 5.75 Å². The predicted molar refractivity (Wildman–Crippen MR) is 84.8 cm³/mol. The van der Waals surface area contributed by atoms with E-state index in [-0.39, 0.29) is 11.4 Å². The van der Waals surface area contributed by atoms with Gasteiger partial charge in [0, 0.05) is 12.6 Å². The third kappa shape index (κ3) is 5.66. The lowest BCUT2D eigenvalue weighted by Crippen LogP contribution is -2.37. The number of nitrogens with one attached hydrogen (secondary N) is 2. The molecule has 4 heteroatoms. The van der Waals surface area contributed by atoms with E-state index in [9.17, 15) is 4.79 Å². The highest BCUT2D eigenvalue weighted by molar-refractivity contribution is 5.74. The molecule has 2 amide bonds. The van der Waals surface area contributed by atoms with Gasteiger partial charge in [0.25, 0.3) is 0 Å². The second-order valence-electron chi connectivity index (χ2n) is 6.65. The second-order valence-corrected chi connectivity index (χ2v) is 6.65. The van der Waals surface area contributed by atoms with Crippen LogP contribution in [0.25, 0.3) is 0 Å². The van der Waals surface area contributed by atoms with E-state index in [0.717, 1.165) is 25.0 Å². The van der Waals surface area contributed by atoms with E-state index in [1.165, 1.54) is 5.56 Å².